The number of methoxy groups -OCH3 is 2. The third kappa shape index (κ3) is 4.25. The van der Waals surface area contributed by atoms with Crippen LogP contribution in [0.15, 0.2) is 42.0 Å². The van der Waals surface area contributed by atoms with Crippen LogP contribution in [0.2, 0.25) is 0 Å². The van der Waals surface area contributed by atoms with Crippen molar-refractivity contribution in [3.63, 3.8) is 0 Å². The third-order valence-corrected chi connectivity index (χ3v) is 2.20. The van der Waals surface area contributed by atoms with E-state index in [0.29, 0.717) is 11.9 Å². The van der Waals surface area contributed by atoms with Crippen LogP contribution in [0.5, 0.6) is 5.75 Å². The highest BCUT2D eigenvalue weighted by molar-refractivity contribution is 5.89. The molecule has 1 aromatic carbocycles. The van der Waals surface area contributed by atoms with E-state index in [1.54, 1.807) is 25.3 Å². The van der Waals surface area contributed by atoms with Crippen LogP contribution in [0.4, 0.5) is 0 Å². The fraction of sp³-hybridized carbons (Fsp3) is 0.143. The second-order valence-corrected chi connectivity index (χ2v) is 3.39. The molecule has 0 amide bonds. The van der Waals surface area contributed by atoms with E-state index >= 15 is 0 Å². The van der Waals surface area contributed by atoms with Gasteiger partial charge in [0.1, 0.15) is 12.0 Å². The summed E-state index contributed by atoms with van der Waals surface area (Å²) in [4.78, 5) is 21.7. The van der Waals surface area contributed by atoms with Gasteiger partial charge in [-0.1, -0.05) is 12.1 Å². The van der Waals surface area contributed by atoms with Gasteiger partial charge < -0.3 is 9.47 Å². The van der Waals surface area contributed by atoms with Crippen molar-refractivity contribution in [3.05, 3.63) is 47.6 Å². The molecule has 0 radical (unpaired) electrons. The van der Waals surface area contributed by atoms with Crippen molar-refractivity contribution < 1.29 is 19.1 Å². The van der Waals surface area contributed by atoms with Crippen LogP contribution >= 0.6 is 0 Å². The number of carbonyl (C=O) groups is 2. The summed E-state index contributed by atoms with van der Waals surface area (Å²) >= 11 is 0. The Morgan fingerprint density at radius 1 is 1.11 bits per heavy atom. The summed E-state index contributed by atoms with van der Waals surface area (Å²) in [6, 6.07) is 7.21. The van der Waals surface area contributed by atoms with Crippen molar-refractivity contribution >= 4 is 18.3 Å². The first-order valence-electron chi connectivity index (χ1n) is 5.26. The summed E-state index contributed by atoms with van der Waals surface area (Å²) in [6.45, 7) is 0. The number of allylic oxidation sites excluding steroid dienone is 2. The van der Waals surface area contributed by atoms with Gasteiger partial charge in [-0.05, 0) is 29.8 Å². The van der Waals surface area contributed by atoms with E-state index in [2.05, 4.69) is 4.74 Å². The molecule has 0 spiro atoms. The maximum Gasteiger partial charge on any atom is 0.330 e. The Bertz CT molecular complexity index is 469. The van der Waals surface area contributed by atoms with Crippen LogP contribution in [-0.2, 0) is 14.3 Å². The molecule has 4 nitrogen and oxygen atoms in total. The Morgan fingerprint density at radius 3 is 2.28 bits per heavy atom. The van der Waals surface area contributed by atoms with Crippen molar-refractivity contribution in [2.24, 2.45) is 0 Å². The first-order valence-corrected chi connectivity index (χ1v) is 5.26. The highest BCUT2D eigenvalue weighted by Crippen LogP contribution is 2.13. The molecule has 1 rings (SSSR count). The lowest BCUT2D eigenvalue weighted by Crippen LogP contribution is -1.94. The zero-order chi connectivity index (χ0) is 13.4. The number of esters is 1. The molecule has 94 valence electrons. The van der Waals surface area contributed by atoms with E-state index in [-0.39, 0.29) is 0 Å². The van der Waals surface area contributed by atoms with Crippen LogP contribution in [0, 0.1) is 0 Å². The van der Waals surface area contributed by atoms with E-state index in [0.717, 1.165) is 11.3 Å². The summed E-state index contributed by atoms with van der Waals surface area (Å²) in [5.74, 6) is 0.238. The quantitative estimate of drug-likeness (QED) is 0.345. The van der Waals surface area contributed by atoms with E-state index in [9.17, 15) is 9.59 Å². The van der Waals surface area contributed by atoms with Gasteiger partial charge in [-0.3, -0.25) is 4.79 Å². The third-order valence-electron chi connectivity index (χ3n) is 2.20. The topological polar surface area (TPSA) is 52.6 Å². The van der Waals surface area contributed by atoms with Crippen LogP contribution in [0.3, 0.4) is 0 Å². The molecule has 4 heteroatoms. The summed E-state index contributed by atoms with van der Waals surface area (Å²) < 4.78 is 9.47. The SMILES string of the molecule is COC(=O)/C=C/C(C=O)=C/c1ccc(OC)cc1. The zero-order valence-corrected chi connectivity index (χ0v) is 10.3. The summed E-state index contributed by atoms with van der Waals surface area (Å²) in [5.41, 5.74) is 1.22. The molecule has 0 atom stereocenters. The molecule has 0 aromatic heterocycles. The molecular weight excluding hydrogens is 232 g/mol. The van der Waals surface area contributed by atoms with Gasteiger partial charge >= 0.3 is 5.97 Å². The second kappa shape index (κ2) is 7.06. The molecule has 18 heavy (non-hydrogen) atoms. The zero-order valence-electron chi connectivity index (χ0n) is 10.3. The molecule has 1 aromatic rings. The summed E-state index contributed by atoms with van der Waals surface area (Å²) in [7, 11) is 2.86. The molecule has 0 aliphatic heterocycles. The van der Waals surface area contributed by atoms with Crippen LogP contribution in [-0.4, -0.2) is 26.5 Å². The average molecular weight is 246 g/mol. The van der Waals surface area contributed by atoms with Gasteiger partial charge in [0.2, 0.25) is 0 Å². The van der Waals surface area contributed by atoms with E-state index in [4.69, 9.17) is 4.74 Å². The van der Waals surface area contributed by atoms with E-state index in [1.165, 1.54) is 19.3 Å². The van der Waals surface area contributed by atoms with Gasteiger partial charge in [-0.2, -0.15) is 0 Å². The Balaban J connectivity index is 2.86. The number of hydrogen-bond acceptors (Lipinski definition) is 4. The fourth-order valence-corrected chi connectivity index (χ4v) is 1.25. The smallest absolute Gasteiger partial charge is 0.330 e. The van der Waals surface area contributed by atoms with Gasteiger partial charge in [-0.25, -0.2) is 4.79 Å². The molecule has 0 saturated heterocycles. The number of ether oxygens (including phenoxy) is 2. The van der Waals surface area contributed by atoms with Gasteiger partial charge in [0, 0.05) is 11.6 Å². The minimum atomic E-state index is -0.502. The molecule has 0 unspecified atom stereocenters. The molecule has 0 aliphatic carbocycles. The molecule has 0 fully saturated rings. The molecule has 0 saturated carbocycles. The summed E-state index contributed by atoms with van der Waals surface area (Å²) in [6.07, 6.45) is 4.93. The largest absolute Gasteiger partial charge is 0.497 e. The predicted octanol–water partition coefficient (Wildman–Crippen LogP) is 2.01. The average Bonchev–Trinajstić information content (AvgIpc) is 2.43. The highest BCUT2D eigenvalue weighted by atomic mass is 16.5. The monoisotopic (exact) mass is 246 g/mol. The number of carbonyl (C=O) groups excluding carboxylic acids is 2. The van der Waals surface area contributed by atoms with Crippen LogP contribution in [0.25, 0.3) is 6.08 Å². The van der Waals surface area contributed by atoms with E-state index < -0.39 is 5.97 Å². The van der Waals surface area contributed by atoms with E-state index in [1.807, 2.05) is 12.1 Å². The van der Waals surface area contributed by atoms with Crippen molar-refractivity contribution in [2.75, 3.05) is 14.2 Å². The number of rotatable bonds is 5. The molecular formula is C14H14O4. The maximum absolute atomic E-state index is 10.9. The normalized spacial score (nSPS) is 11.3. The van der Waals surface area contributed by atoms with Gasteiger partial charge in [-0.15, -0.1) is 0 Å². The van der Waals surface area contributed by atoms with Crippen molar-refractivity contribution in [3.8, 4) is 5.75 Å². The van der Waals surface area contributed by atoms with Gasteiger partial charge in [0.05, 0.1) is 14.2 Å². The highest BCUT2D eigenvalue weighted by Gasteiger charge is 1.96. The van der Waals surface area contributed by atoms with Crippen LogP contribution in [0.1, 0.15) is 5.56 Å². The molecule has 0 bridgehead atoms. The first kappa shape index (κ1) is 13.7. The Hall–Kier alpha value is -2.36. The van der Waals surface area contributed by atoms with Crippen molar-refractivity contribution in [1.82, 2.24) is 0 Å². The van der Waals surface area contributed by atoms with Gasteiger partial charge in [0.25, 0.3) is 0 Å². The molecule has 0 aliphatic rings. The number of aldehydes is 1. The Labute approximate surface area is 106 Å². The fourth-order valence-electron chi connectivity index (χ4n) is 1.25. The van der Waals surface area contributed by atoms with Crippen molar-refractivity contribution in [1.29, 1.82) is 0 Å². The standard InChI is InChI=1S/C14H14O4/c1-17-13-6-3-11(4-7-13)9-12(10-15)5-8-14(16)18-2/h3-10H,1-2H3/b8-5+,12-9-. The summed E-state index contributed by atoms with van der Waals surface area (Å²) in [5, 5.41) is 0. The lowest BCUT2D eigenvalue weighted by atomic mass is 10.1. The van der Waals surface area contributed by atoms with Crippen molar-refractivity contribution in [2.45, 2.75) is 0 Å². The number of benzene rings is 1. The molecule has 0 heterocycles. The number of hydrogen-bond donors (Lipinski definition) is 0. The van der Waals surface area contributed by atoms with Crippen LogP contribution < -0.4 is 4.74 Å². The maximum atomic E-state index is 10.9. The second-order valence-electron chi connectivity index (χ2n) is 3.39. The first-order chi connectivity index (χ1) is 8.69. The Morgan fingerprint density at radius 2 is 1.78 bits per heavy atom. The lowest BCUT2D eigenvalue weighted by molar-refractivity contribution is -0.134. The minimum absolute atomic E-state index is 0.380. The Kier molecular flexibility index (Phi) is 5.38. The molecule has 0 N–H and O–H groups in total. The minimum Gasteiger partial charge on any atom is -0.497 e. The van der Waals surface area contributed by atoms with Gasteiger partial charge in [0.15, 0.2) is 0 Å². The lowest BCUT2D eigenvalue weighted by Gasteiger charge is -1.99. The predicted molar refractivity (Wildman–Crippen MR) is 68.2 cm³/mol.